The molecular formula is C20H16BrClN4O4. The van der Waals surface area contributed by atoms with Gasteiger partial charge >= 0.3 is 5.91 Å². The molecule has 10 heteroatoms. The Bertz CT molecular complexity index is 1090. The Labute approximate surface area is 185 Å². The van der Waals surface area contributed by atoms with Crippen LogP contribution in [0.1, 0.15) is 28.5 Å². The minimum atomic E-state index is -1.40. The number of aliphatic imine (C=N–C) groups is 1. The van der Waals surface area contributed by atoms with Crippen LogP contribution in [0.5, 0.6) is 5.88 Å². The first-order valence-corrected chi connectivity index (χ1v) is 10.2. The normalized spacial score (nSPS) is 17.3. The van der Waals surface area contributed by atoms with Gasteiger partial charge in [0.25, 0.3) is 5.88 Å². The lowest BCUT2D eigenvalue weighted by Crippen LogP contribution is -2.37. The molecule has 0 bridgehead atoms. The number of halogens is 2. The smallest absolute Gasteiger partial charge is 0.342 e. The molecule has 0 radical (unpaired) electrons. The number of nitrogens with zero attached hydrogens (tertiary/aromatic N) is 4. The highest BCUT2D eigenvalue weighted by Gasteiger charge is 2.40. The summed E-state index contributed by atoms with van der Waals surface area (Å²) in [6.07, 6.45) is 1.49. The fraction of sp³-hybridized carbons (Fsp3) is 0.200. The van der Waals surface area contributed by atoms with Crippen LogP contribution in [-0.2, 0) is 10.6 Å². The van der Waals surface area contributed by atoms with Gasteiger partial charge in [0.15, 0.2) is 12.3 Å². The molecule has 0 unspecified atom stereocenters. The lowest BCUT2D eigenvalue weighted by Gasteiger charge is -2.31. The van der Waals surface area contributed by atoms with Crippen LogP contribution >= 0.6 is 27.5 Å². The zero-order valence-electron chi connectivity index (χ0n) is 15.8. The number of hydrogen-bond donors (Lipinski definition) is 0. The van der Waals surface area contributed by atoms with Crippen molar-refractivity contribution in [1.82, 2.24) is 15.2 Å². The summed E-state index contributed by atoms with van der Waals surface area (Å²) in [6, 6.07) is 14.0. The molecule has 1 aliphatic rings. The van der Waals surface area contributed by atoms with Gasteiger partial charge in [0.1, 0.15) is 0 Å². The Balaban J connectivity index is 1.52. The highest BCUT2D eigenvalue weighted by atomic mass is 79.9. The summed E-state index contributed by atoms with van der Waals surface area (Å²) in [7, 11) is 0. The van der Waals surface area contributed by atoms with E-state index in [1.165, 1.54) is 6.21 Å². The van der Waals surface area contributed by atoms with Crippen molar-refractivity contribution in [1.29, 1.82) is 0 Å². The minimum Gasteiger partial charge on any atom is -0.417 e. The van der Waals surface area contributed by atoms with E-state index in [9.17, 15) is 4.79 Å². The molecule has 0 fully saturated rings. The molecule has 0 amide bonds. The first-order valence-electron chi connectivity index (χ1n) is 9.03. The first-order chi connectivity index (χ1) is 14.5. The van der Waals surface area contributed by atoms with Crippen molar-refractivity contribution < 1.29 is 19.1 Å². The average molecular weight is 492 g/mol. The molecule has 1 aliphatic heterocycles. The Kier molecular flexibility index (Phi) is 5.85. The molecule has 30 heavy (non-hydrogen) atoms. The fourth-order valence-electron chi connectivity index (χ4n) is 2.82. The number of carbonyl (C=O) groups is 1. The van der Waals surface area contributed by atoms with Crippen LogP contribution < -0.4 is 9.57 Å². The average Bonchev–Trinajstić information content (AvgIpc) is 3.15. The van der Waals surface area contributed by atoms with E-state index in [0.29, 0.717) is 28.5 Å². The van der Waals surface area contributed by atoms with Crippen molar-refractivity contribution in [2.24, 2.45) is 4.99 Å². The van der Waals surface area contributed by atoms with E-state index in [0.717, 1.165) is 9.32 Å². The van der Waals surface area contributed by atoms with Gasteiger partial charge in [-0.3, -0.25) is 4.79 Å². The Morgan fingerprint density at radius 1 is 1.20 bits per heavy atom. The molecule has 2 aromatic carbocycles. The number of aromatic nitrogens is 3. The highest BCUT2D eigenvalue weighted by Crippen LogP contribution is 2.35. The maximum atomic E-state index is 12.3. The topological polar surface area (TPSA) is 87.8 Å². The van der Waals surface area contributed by atoms with Crippen LogP contribution in [0.15, 0.2) is 58.0 Å². The second-order valence-electron chi connectivity index (χ2n) is 6.24. The number of hydrogen-bond acceptors (Lipinski definition) is 7. The molecule has 0 aliphatic carbocycles. The molecule has 3 aromatic rings. The number of carbonyl (C=O) groups excluding carboxylic acids is 1. The van der Waals surface area contributed by atoms with Crippen LogP contribution in [0.3, 0.4) is 0 Å². The van der Waals surface area contributed by atoms with Crippen molar-refractivity contribution >= 4 is 39.5 Å². The molecule has 8 nitrogen and oxygen atoms in total. The first kappa shape index (κ1) is 20.5. The number of ether oxygens (including phenoxy) is 2. The molecule has 2 heterocycles. The largest absolute Gasteiger partial charge is 0.417 e. The second kappa shape index (κ2) is 8.55. The van der Waals surface area contributed by atoms with Gasteiger partial charge in [-0.25, -0.2) is 4.99 Å². The van der Waals surface area contributed by atoms with E-state index in [-0.39, 0.29) is 18.3 Å². The third kappa shape index (κ3) is 4.09. The van der Waals surface area contributed by atoms with E-state index < -0.39 is 5.91 Å². The van der Waals surface area contributed by atoms with Gasteiger partial charge in [0, 0.05) is 20.6 Å². The van der Waals surface area contributed by atoms with Crippen molar-refractivity contribution in [3.63, 3.8) is 0 Å². The highest BCUT2D eigenvalue weighted by molar-refractivity contribution is 9.10. The van der Waals surface area contributed by atoms with E-state index in [1.54, 1.807) is 48.5 Å². The zero-order valence-corrected chi connectivity index (χ0v) is 18.1. The molecule has 0 saturated heterocycles. The Hall–Kier alpha value is -2.75. The quantitative estimate of drug-likeness (QED) is 0.469. The molecule has 4 rings (SSSR count). The molecule has 0 spiro atoms. The standard InChI is InChI=1S/C20H16BrClN4O4/c1-2-28-20(14-5-9-16(22)10-6-14)23-11-17-19(30-20)24-25-26(17)29-12-18(27)13-3-7-15(21)8-4-13/h3-11H,2,12H2,1H3/t20-/m1/s1. The number of Topliss-reactive ketones (excluding diaryl/α,β-unsaturated/α-hetero) is 1. The SMILES string of the molecule is CCO[C@@]1(c2ccc(Cl)cc2)N=Cc2c(nnn2OCC(=O)c2ccc(Br)cc2)O1. The summed E-state index contributed by atoms with van der Waals surface area (Å²) in [5.41, 5.74) is 1.54. The van der Waals surface area contributed by atoms with Gasteiger partial charge in [0.05, 0.1) is 12.8 Å². The molecule has 1 aromatic heterocycles. The molecule has 0 saturated carbocycles. The van der Waals surface area contributed by atoms with Crippen LogP contribution in [-0.4, -0.2) is 40.4 Å². The number of fused-ring (bicyclic) bond motifs is 1. The van der Waals surface area contributed by atoms with E-state index in [1.807, 2.05) is 6.92 Å². The Morgan fingerprint density at radius 3 is 2.63 bits per heavy atom. The van der Waals surface area contributed by atoms with Crippen LogP contribution in [0, 0.1) is 0 Å². The molecule has 0 N–H and O–H groups in total. The predicted octanol–water partition coefficient (Wildman–Crippen LogP) is 3.66. The molecule has 1 atom stereocenters. The van der Waals surface area contributed by atoms with Crippen LogP contribution in [0.4, 0.5) is 0 Å². The Morgan fingerprint density at radius 2 is 1.93 bits per heavy atom. The number of ketones is 1. The number of benzene rings is 2. The maximum Gasteiger partial charge on any atom is 0.342 e. The van der Waals surface area contributed by atoms with Crippen molar-refractivity contribution in [3.05, 3.63) is 74.8 Å². The van der Waals surface area contributed by atoms with E-state index in [4.69, 9.17) is 25.9 Å². The molecule has 154 valence electrons. The van der Waals surface area contributed by atoms with Gasteiger partial charge in [-0.05, 0) is 48.5 Å². The van der Waals surface area contributed by atoms with Crippen LogP contribution in [0.25, 0.3) is 0 Å². The van der Waals surface area contributed by atoms with Gasteiger partial charge < -0.3 is 14.3 Å². The lowest BCUT2D eigenvalue weighted by atomic mass is 10.1. The zero-order chi connectivity index (χ0) is 21.1. The van der Waals surface area contributed by atoms with Crippen molar-refractivity contribution in [2.45, 2.75) is 12.8 Å². The summed E-state index contributed by atoms with van der Waals surface area (Å²) in [5.74, 6) is -1.43. The second-order valence-corrected chi connectivity index (χ2v) is 7.59. The van der Waals surface area contributed by atoms with Gasteiger partial charge in [-0.15, -0.1) is 0 Å². The molecular weight excluding hydrogens is 476 g/mol. The van der Waals surface area contributed by atoms with E-state index in [2.05, 4.69) is 31.2 Å². The summed E-state index contributed by atoms with van der Waals surface area (Å²) < 4.78 is 12.6. The summed E-state index contributed by atoms with van der Waals surface area (Å²) in [6.45, 7) is 1.96. The summed E-state index contributed by atoms with van der Waals surface area (Å²) in [4.78, 5) is 23.4. The third-order valence-electron chi connectivity index (χ3n) is 4.27. The van der Waals surface area contributed by atoms with Gasteiger partial charge in [-0.2, -0.15) is 0 Å². The van der Waals surface area contributed by atoms with Crippen molar-refractivity contribution in [3.8, 4) is 5.88 Å². The van der Waals surface area contributed by atoms with Gasteiger partial charge in [0.2, 0.25) is 5.78 Å². The lowest BCUT2D eigenvalue weighted by molar-refractivity contribution is -0.186. The minimum absolute atomic E-state index is 0.171. The summed E-state index contributed by atoms with van der Waals surface area (Å²) >= 11 is 9.31. The maximum absolute atomic E-state index is 12.3. The van der Waals surface area contributed by atoms with Crippen LogP contribution in [0.2, 0.25) is 5.02 Å². The number of rotatable bonds is 7. The van der Waals surface area contributed by atoms with Gasteiger partial charge in [-0.1, -0.05) is 49.6 Å². The summed E-state index contributed by atoms with van der Waals surface area (Å²) in [5, 5.41) is 8.48. The predicted molar refractivity (Wildman–Crippen MR) is 113 cm³/mol. The third-order valence-corrected chi connectivity index (χ3v) is 5.05. The monoisotopic (exact) mass is 490 g/mol. The van der Waals surface area contributed by atoms with E-state index >= 15 is 0 Å². The van der Waals surface area contributed by atoms with Crippen molar-refractivity contribution in [2.75, 3.05) is 13.2 Å². The fourth-order valence-corrected chi connectivity index (χ4v) is 3.21.